The predicted octanol–water partition coefficient (Wildman–Crippen LogP) is 2.75. The van der Waals surface area contributed by atoms with Gasteiger partial charge in [-0.25, -0.2) is 4.98 Å². The van der Waals surface area contributed by atoms with Gasteiger partial charge in [0.2, 0.25) is 0 Å². The van der Waals surface area contributed by atoms with Crippen molar-refractivity contribution in [3.63, 3.8) is 0 Å². The molecule has 1 aromatic heterocycles. The lowest BCUT2D eigenvalue weighted by molar-refractivity contribution is -0.225. The van der Waals surface area contributed by atoms with Gasteiger partial charge in [-0.15, -0.1) is 11.3 Å². The minimum absolute atomic E-state index is 0.0335. The Hall–Kier alpha value is -0.830. The number of anilines is 1. The molecule has 0 amide bonds. The molecule has 0 radical (unpaired) electrons. The maximum Gasteiger partial charge on any atom is 0.406 e. The largest absolute Gasteiger partial charge is 0.481 e. The molecule has 0 aliphatic carbocycles. The van der Waals surface area contributed by atoms with Gasteiger partial charge in [0.15, 0.2) is 10.5 Å². The van der Waals surface area contributed by atoms with Crippen LogP contribution in [0.2, 0.25) is 0 Å². The molecule has 18 heavy (non-hydrogen) atoms. The Kier molecular flexibility index (Phi) is 3.30. The number of aliphatic carboxylic acids is 1. The van der Waals surface area contributed by atoms with E-state index in [9.17, 15) is 18.0 Å². The summed E-state index contributed by atoms with van der Waals surface area (Å²) < 4.78 is 39.3. The Morgan fingerprint density at radius 3 is 2.67 bits per heavy atom. The van der Waals surface area contributed by atoms with Crippen LogP contribution in [0.4, 0.5) is 18.3 Å². The van der Waals surface area contributed by atoms with E-state index < -0.39 is 30.5 Å². The molecule has 1 aliphatic heterocycles. The average molecular weight is 345 g/mol. The highest BCUT2D eigenvalue weighted by molar-refractivity contribution is 9.10. The molecule has 0 bridgehead atoms. The van der Waals surface area contributed by atoms with Gasteiger partial charge in [-0.1, -0.05) is 0 Å². The van der Waals surface area contributed by atoms with Gasteiger partial charge in [-0.3, -0.25) is 4.79 Å². The number of nitrogens with zero attached hydrogens (tertiary/aromatic N) is 2. The minimum atomic E-state index is -4.76. The third kappa shape index (κ3) is 2.09. The van der Waals surface area contributed by atoms with Crippen LogP contribution < -0.4 is 4.90 Å². The predicted molar refractivity (Wildman–Crippen MR) is 62.8 cm³/mol. The van der Waals surface area contributed by atoms with E-state index in [4.69, 9.17) is 5.11 Å². The van der Waals surface area contributed by atoms with E-state index in [2.05, 4.69) is 20.9 Å². The number of carboxylic acid groups (broad SMARTS) is 1. The van der Waals surface area contributed by atoms with Crippen molar-refractivity contribution < 1.29 is 23.1 Å². The summed E-state index contributed by atoms with van der Waals surface area (Å²) in [5.74, 6) is -1.83. The Labute approximate surface area is 113 Å². The fourth-order valence-electron chi connectivity index (χ4n) is 1.89. The van der Waals surface area contributed by atoms with Crippen LogP contribution in [0.15, 0.2) is 9.98 Å². The molecule has 2 rings (SSSR count). The molecular weight excluding hydrogens is 337 g/mol. The van der Waals surface area contributed by atoms with Crippen molar-refractivity contribution in [1.82, 2.24) is 4.98 Å². The van der Waals surface area contributed by atoms with Gasteiger partial charge < -0.3 is 10.0 Å². The number of carboxylic acids is 1. The summed E-state index contributed by atoms with van der Waals surface area (Å²) >= 11 is 4.29. The van der Waals surface area contributed by atoms with Crippen molar-refractivity contribution in [1.29, 1.82) is 0 Å². The van der Waals surface area contributed by atoms with Gasteiger partial charge in [0, 0.05) is 18.5 Å². The fraction of sp³-hybridized carbons (Fsp3) is 0.556. The first-order chi connectivity index (χ1) is 8.26. The molecule has 100 valence electrons. The highest BCUT2D eigenvalue weighted by Crippen LogP contribution is 2.47. The Morgan fingerprint density at radius 2 is 2.28 bits per heavy atom. The van der Waals surface area contributed by atoms with Crippen LogP contribution in [0.25, 0.3) is 0 Å². The molecule has 0 spiro atoms. The van der Waals surface area contributed by atoms with E-state index in [0.717, 1.165) is 0 Å². The molecule has 9 heteroatoms. The first kappa shape index (κ1) is 13.6. The summed E-state index contributed by atoms with van der Waals surface area (Å²) in [5.41, 5.74) is -2.69. The van der Waals surface area contributed by atoms with Crippen LogP contribution in [0.5, 0.6) is 0 Å². The maximum atomic E-state index is 12.9. The normalized spacial score (nSPS) is 24.6. The Morgan fingerprint density at radius 1 is 1.61 bits per heavy atom. The summed E-state index contributed by atoms with van der Waals surface area (Å²) in [6, 6.07) is 0. The summed E-state index contributed by atoms with van der Waals surface area (Å²) in [6.07, 6.45) is -5.22. The average Bonchev–Trinajstić information content (AvgIpc) is 2.82. The first-order valence-corrected chi connectivity index (χ1v) is 6.60. The zero-order valence-corrected chi connectivity index (χ0v) is 11.3. The van der Waals surface area contributed by atoms with E-state index in [1.807, 2.05) is 0 Å². The fourth-order valence-corrected chi connectivity index (χ4v) is 3.17. The number of hydrogen-bond donors (Lipinski definition) is 1. The lowest BCUT2D eigenvalue weighted by Gasteiger charge is -2.27. The molecule has 2 heterocycles. The van der Waals surface area contributed by atoms with Gasteiger partial charge in [0.25, 0.3) is 0 Å². The highest BCUT2D eigenvalue weighted by Gasteiger charge is 2.63. The number of rotatable bonds is 2. The molecular formula is C9H8BrF3N2O2S. The van der Waals surface area contributed by atoms with Crippen LogP contribution in [-0.4, -0.2) is 35.3 Å². The van der Waals surface area contributed by atoms with E-state index in [-0.39, 0.29) is 6.54 Å². The molecule has 1 aliphatic rings. The molecule has 4 nitrogen and oxygen atoms in total. The van der Waals surface area contributed by atoms with Crippen LogP contribution in [0.1, 0.15) is 6.42 Å². The number of carbonyl (C=O) groups is 1. The number of halogens is 4. The third-order valence-electron chi connectivity index (χ3n) is 2.96. The third-order valence-corrected chi connectivity index (χ3v) is 4.57. The second-order valence-electron chi connectivity index (χ2n) is 4.01. The second-order valence-corrected chi connectivity index (χ2v) is 5.66. The lowest BCUT2D eigenvalue weighted by atomic mass is 9.86. The quantitative estimate of drug-likeness (QED) is 0.896. The molecule has 0 aromatic carbocycles. The molecule has 1 N–H and O–H groups in total. The van der Waals surface area contributed by atoms with Crippen molar-refractivity contribution in [2.45, 2.75) is 12.6 Å². The zero-order chi connectivity index (χ0) is 13.6. The van der Waals surface area contributed by atoms with Crippen LogP contribution in [-0.2, 0) is 4.79 Å². The summed E-state index contributed by atoms with van der Waals surface area (Å²) in [4.78, 5) is 16.3. The van der Waals surface area contributed by atoms with E-state index in [0.29, 0.717) is 9.73 Å². The van der Waals surface area contributed by atoms with E-state index in [1.54, 1.807) is 5.38 Å². The van der Waals surface area contributed by atoms with Crippen molar-refractivity contribution in [2.75, 3.05) is 18.0 Å². The van der Waals surface area contributed by atoms with Gasteiger partial charge >= 0.3 is 12.1 Å². The van der Waals surface area contributed by atoms with Crippen molar-refractivity contribution in [2.24, 2.45) is 5.41 Å². The van der Waals surface area contributed by atoms with Crippen LogP contribution >= 0.6 is 27.3 Å². The molecule has 1 unspecified atom stereocenters. The summed E-state index contributed by atoms with van der Waals surface area (Å²) in [5, 5.41) is 10.9. The van der Waals surface area contributed by atoms with Crippen molar-refractivity contribution in [3.05, 3.63) is 9.98 Å². The van der Waals surface area contributed by atoms with Crippen molar-refractivity contribution >= 4 is 38.4 Å². The van der Waals surface area contributed by atoms with Gasteiger partial charge in [0.05, 0.1) is 0 Å². The zero-order valence-electron chi connectivity index (χ0n) is 8.87. The maximum absolute atomic E-state index is 12.9. The van der Waals surface area contributed by atoms with Gasteiger partial charge in [-0.05, 0) is 22.4 Å². The highest BCUT2D eigenvalue weighted by atomic mass is 79.9. The monoisotopic (exact) mass is 344 g/mol. The SMILES string of the molecule is O=C(O)C1(C(F)(F)F)CCN(c2nc(Br)cs2)C1. The molecule has 1 saturated heterocycles. The number of alkyl halides is 3. The van der Waals surface area contributed by atoms with Gasteiger partial charge in [-0.2, -0.15) is 13.2 Å². The van der Waals surface area contributed by atoms with Crippen LogP contribution in [0, 0.1) is 5.41 Å². The second kappa shape index (κ2) is 4.37. The molecule has 0 saturated carbocycles. The first-order valence-electron chi connectivity index (χ1n) is 4.92. The van der Waals surface area contributed by atoms with Gasteiger partial charge in [0.1, 0.15) is 4.60 Å². The summed E-state index contributed by atoms with van der Waals surface area (Å²) in [6.45, 7) is -0.558. The molecule has 1 atom stereocenters. The Bertz CT molecular complexity index is 479. The smallest absolute Gasteiger partial charge is 0.406 e. The topological polar surface area (TPSA) is 53.4 Å². The number of aromatic nitrogens is 1. The standard InChI is InChI=1S/C9H8BrF3N2O2S/c10-5-3-18-7(14-5)15-2-1-8(4-15,6(16)17)9(11,12)13/h3H,1-2,4H2,(H,16,17). The minimum Gasteiger partial charge on any atom is -0.481 e. The summed E-state index contributed by atoms with van der Waals surface area (Å²) in [7, 11) is 0. The van der Waals surface area contributed by atoms with E-state index >= 15 is 0 Å². The molecule has 1 fully saturated rings. The lowest BCUT2D eigenvalue weighted by Crippen LogP contribution is -2.47. The van der Waals surface area contributed by atoms with Crippen molar-refractivity contribution in [3.8, 4) is 0 Å². The number of thiazole rings is 1. The van der Waals surface area contributed by atoms with Crippen LogP contribution in [0.3, 0.4) is 0 Å². The molecule has 1 aromatic rings. The van der Waals surface area contributed by atoms with E-state index in [1.165, 1.54) is 16.2 Å². The Balaban J connectivity index is 2.27. The number of hydrogen-bond acceptors (Lipinski definition) is 4.